The molecular weight excluding hydrogens is 342 g/mol. The molecule has 4 aromatic rings. The molecule has 1 aromatic heterocycles. The van der Waals surface area contributed by atoms with Gasteiger partial charge in [0.2, 0.25) is 0 Å². The monoisotopic (exact) mass is 363 g/mol. The van der Waals surface area contributed by atoms with Crippen molar-refractivity contribution in [3.8, 4) is 11.1 Å². The average molecular weight is 363 g/mol. The standard InChI is InChI=1S/C25H21N3/c1-15-12-17(3)24-22(13-15)16(2)14-23(26-24)27-28-25-20-10-6-4-8-18(20)19-9-5-7-11-21(19)25/h4-14H,1-3H3,(H,26,27). The molecule has 0 amide bonds. The van der Waals surface area contributed by atoms with Crippen molar-refractivity contribution in [1.82, 2.24) is 4.98 Å². The predicted molar refractivity (Wildman–Crippen MR) is 117 cm³/mol. The van der Waals surface area contributed by atoms with Gasteiger partial charge in [0.05, 0.1) is 11.2 Å². The van der Waals surface area contributed by atoms with Crippen LogP contribution >= 0.6 is 0 Å². The third-order valence-corrected chi connectivity index (χ3v) is 5.39. The summed E-state index contributed by atoms with van der Waals surface area (Å²) in [5.74, 6) is 0.770. The molecular formula is C25H21N3. The number of aromatic nitrogens is 1. The number of hydrogen-bond acceptors (Lipinski definition) is 3. The van der Waals surface area contributed by atoms with Gasteiger partial charge in [0, 0.05) is 16.5 Å². The van der Waals surface area contributed by atoms with Crippen LogP contribution in [0.2, 0.25) is 0 Å². The van der Waals surface area contributed by atoms with E-state index >= 15 is 0 Å². The summed E-state index contributed by atoms with van der Waals surface area (Å²) in [6, 6.07) is 23.3. The number of hydrogen-bond donors (Lipinski definition) is 1. The fourth-order valence-electron chi connectivity index (χ4n) is 4.13. The molecule has 0 fully saturated rings. The third kappa shape index (κ3) is 2.59. The fraction of sp³-hybridized carbons (Fsp3) is 0.120. The molecule has 3 heteroatoms. The van der Waals surface area contributed by atoms with Crippen molar-refractivity contribution in [2.45, 2.75) is 20.8 Å². The van der Waals surface area contributed by atoms with Crippen molar-refractivity contribution in [3.05, 3.63) is 94.5 Å². The number of nitrogens with one attached hydrogen (secondary N) is 1. The van der Waals surface area contributed by atoms with Gasteiger partial charge in [0.15, 0.2) is 0 Å². The quantitative estimate of drug-likeness (QED) is 0.390. The van der Waals surface area contributed by atoms with Crippen molar-refractivity contribution in [3.63, 3.8) is 0 Å². The van der Waals surface area contributed by atoms with Gasteiger partial charge in [-0.05, 0) is 55.2 Å². The Bertz CT molecular complexity index is 1220. The minimum atomic E-state index is 0.770. The first-order chi connectivity index (χ1) is 13.6. The second kappa shape index (κ2) is 6.31. The summed E-state index contributed by atoms with van der Waals surface area (Å²) in [5.41, 5.74) is 13.6. The van der Waals surface area contributed by atoms with E-state index in [1.165, 1.54) is 33.2 Å². The van der Waals surface area contributed by atoms with Crippen LogP contribution in [0.15, 0.2) is 71.8 Å². The molecule has 0 atom stereocenters. The van der Waals surface area contributed by atoms with Gasteiger partial charge in [-0.25, -0.2) is 4.98 Å². The Morgan fingerprint density at radius 3 is 1.96 bits per heavy atom. The van der Waals surface area contributed by atoms with Gasteiger partial charge in [-0.3, -0.25) is 5.43 Å². The molecule has 3 aromatic carbocycles. The molecule has 0 aliphatic heterocycles. The minimum absolute atomic E-state index is 0.770. The van der Waals surface area contributed by atoms with Crippen LogP contribution in [0.1, 0.15) is 27.8 Å². The summed E-state index contributed by atoms with van der Waals surface area (Å²) in [6.07, 6.45) is 0. The first kappa shape index (κ1) is 16.7. The van der Waals surface area contributed by atoms with Gasteiger partial charge < -0.3 is 0 Å². The molecule has 0 bridgehead atoms. The first-order valence-electron chi connectivity index (χ1n) is 9.53. The van der Waals surface area contributed by atoms with E-state index in [4.69, 9.17) is 10.1 Å². The van der Waals surface area contributed by atoms with Crippen molar-refractivity contribution in [1.29, 1.82) is 0 Å². The maximum atomic E-state index is 4.83. The van der Waals surface area contributed by atoms with Crippen LogP contribution in [0.5, 0.6) is 0 Å². The zero-order valence-electron chi connectivity index (χ0n) is 16.2. The van der Waals surface area contributed by atoms with E-state index in [-0.39, 0.29) is 0 Å². The lowest BCUT2D eigenvalue weighted by molar-refractivity contribution is 1.23. The highest BCUT2D eigenvalue weighted by atomic mass is 15.3. The predicted octanol–water partition coefficient (Wildman–Crippen LogP) is 6.00. The Balaban J connectivity index is 1.60. The van der Waals surface area contributed by atoms with E-state index < -0.39 is 0 Å². The van der Waals surface area contributed by atoms with Crippen LogP contribution in [0, 0.1) is 20.8 Å². The largest absolute Gasteiger partial charge is 0.261 e. The number of pyridine rings is 1. The van der Waals surface area contributed by atoms with Gasteiger partial charge in [-0.15, -0.1) is 0 Å². The van der Waals surface area contributed by atoms with Crippen LogP contribution in [0.25, 0.3) is 22.0 Å². The summed E-state index contributed by atoms with van der Waals surface area (Å²) in [5, 5.41) is 5.98. The average Bonchev–Trinajstić information content (AvgIpc) is 3.01. The molecule has 0 radical (unpaired) electrons. The lowest BCUT2D eigenvalue weighted by Gasteiger charge is -2.10. The lowest BCUT2D eigenvalue weighted by Crippen LogP contribution is -2.04. The third-order valence-electron chi connectivity index (χ3n) is 5.39. The normalized spacial score (nSPS) is 12.0. The number of anilines is 1. The first-order valence-corrected chi connectivity index (χ1v) is 9.53. The Morgan fingerprint density at radius 2 is 1.32 bits per heavy atom. The summed E-state index contributed by atoms with van der Waals surface area (Å²) < 4.78 is 0. The maximum absolute atomic E-state index is 4.83. The molecule has 1 heterocycles. The molecule has 0 saturated carbocycles. The smallest absolute Gasteiger partial charge is 0.147 e. The number of rotatable bonds is 2. The van der Waals surface area contributed by atoms with Crippen LogP contribution in [-0.2, 0) is 0 Å². The summed E-state index contributed by atoms with van der Waals surface area (Å²) in [4.78, 5) is 4.83. The second-order valence-electron chi connectivity index (χ2n) is 7.47. The van der Waals surface area contributed by atoms with Crippen LogP contribution in [0.3, 0.4) is 0 Å². The molecule has 28 heavy (non-hydrogen) atoms. The number of nitrogens with zero attached hydrogens (tertiary/aromatic N) is 2. The Morgan fingerprint density at radius 1 is 0.714 bits per heavy atom. The second-order valence-corrected chi connectivity index (χ2v) is 7.47. The number of fused-ring (bicyclic) bond motifs is 4. The Labute approximate surface area is 164 Å². The molecule has 1 aliphatic carbocycles. The molecule has 136 valence electrons. The van der Waals surface area contributed by atoms with Crippen LogP contribution in [0.4, 0.5) is 5.82 Å². The molecule has 1 N–H and O–H groups in total. The highest BCUT2D eigenvalue weighted by Gasteiger charge is 2.24. The fourth-order valence-corrected chi connectivity index (χ4v) is 4.13. The summed E-state index contributed by atoms with van der Waals surface area (Å²) in [6.45, 7) is 6.36. The highest BCUT2D eigenvalue weighted by molar-refractivity contribution is 6.24. The van der Waals surface area contributed by atoms with Gasteiger partial charge in [-0.1, -0.05) is 60.2 Å². The number of hydrazone groups is 1. The number of benzene rings is 3. The summed E-state index contributed by atoms with van der Waals surface area (Å²) in [7, 11) is 0. The van der Waals surface area contributed by atoms with Gasteiger partial charge in [0.1, 0.15) is 5.82 Å². The van der Waals surface area contributed by atoms with E-state index in [1.807, 2.05) is 0 Å². The molecule has 1 aliphatic rings. The van der Waals surface area contributed by atoms with Crippen molar-refractivity contribution in [2.75, 3.05) is 5.43 Å². The van der Waals surface area contributed by atoms with E-state index in [0.29, 0.717) is 0 Å². The zero-order chi connectivity index (χ0) is 19.3. The van der Waals surface area contributed by atoms with Gasteiger partial charge >= 0.3 is 0 Å². The number of aryl methyl sites for hydroxylation is 3. The minimum Gasteiger partial charge on any atom is -0.261 e. The SMILES string of the molecule is Cc1cc(C)c2nc(NN=C3c4ccccc4-c4ccccc43)cc(C)c2c1. The van der Waals surface area contributed by atoms with Crippen molar-refractivity contribution >= 4 is 22.4 Å². The van der Waals surface area contributed by atoms with E-state index in [9.17, 15) is 0 Å². The van der Waals surface area contributed by atoms with Gasteiger partial charge in [0.25, 0.3) is 0 Å². The van der Waals surface area contributed by atoms with E-state index in [0.717, 1.165) is 28.2 Å². The summed E-state index contributed by atoms with van der Waals surface area (Å²) >= 11 is 0. The van der Waals surface area contributed by atoms with Crippen molar-refractivity contribution in [2.24, 2.45) is 5.10 Å². The van der Waals surface area contributed by atoms with Crippen molar-refractivity contribution < 1.29 is 0 Å². The Hall–Kier alpha value is -3.46. The van der Waals surface area contributed by atoms with Crippen LogP contribution < -0.4 is 5.43 Å². The molecule has 5 rings (SSSR count). The van der Waals surface area contributed by atoms with E-state index in [1.54, 1.807) is 0 Å². The maximum Gasteiger partial charge on any atom is 0.147 e. The zero-order valence-corrected chi connectivity index (χ0v) is 16.2. The molecule has 0 saturated heterocycles. The Kier molecular flexibility index (Phi) is 3.76. The topological polar surface area (TPSA) is 37.3 Å². The molecule has 0 unspecified atom stereocenters. The lowest BCUT2D eigenvalue weighted by atomic mass is 10.0. The van der Waals surface area contributed by atoms with Gasteiger partial charge in [-0.2, -0.15) is 5.10 Å². The highest BCUT2D eigenvalue weighted by Crippen LogP contribution is 2.36. The molecule has 0 spiro atoms. The van der Waals surface area contributed by atoms with E-state index in [2.05, 4.69) is 92.9 Å². The van der Waals surface area contributed by atoms with Crippen LogP contribution in [-0.4, -0.2) is 10.7 Å². The molecule has 3 nitrogen and oxygen atoms in total.